The van der Waals surface area contributed by atoms with Gasteiger partial charge in [0.1, 0.15) is 0 Å². The third-order valence-corrected chi connectivity index (χ3v) is 2.64. The van der Waals surface area contributed by atoms with Gasteiger partial charge in [0.25, 0.3) is 0 Å². The molecule has 0 fully saturated rings. The summed E-state index contributed by atoms with van der Waals surface area (Å²) in [5, 5.41) is 8.84. The molecule has 0 saturated carbocycles. The maximum Gasteiger partial charge on any atom is 0.0465 e. The van der Waals surface area contributed by atoms with Crippen molar-refractivity contribution in [2.75, 3.05) is 20.3 Å². The van der Waals surface area contributed by atoms with Gasteiger partial charge in [-0.15, -0.1) is 0 Å². The summed E-state index contributed by atoms with van der Waals surface area (Å²) in [7, 11) is 1.73. The van der Waals surface area contributed by atoms with Crippen LogP contribution in [0.2, 0.25) is 0 Å². The van der Waals surface area contributed by atoms with E-state index in [9.17, 15) is 0 Å². The molecule has 0 aliphatic heterocycles. The van der Waals surface area contributed by atoms with Crippen molar-refractivity contribution in [3.05, 3.63) is 0 Å². The van der Waals surface area contributed by atoms with Crippen LogP contribution in [0.25, 0.3) is 0 Å². The Balaban J connectivity index is 3.68. The Bertz CT molecular complexity index is 93.8. The van der Waals surface area contributed by atoms with Crippen molar-refractivity contribution in [2.24, 2.45) is 11.8 Å². The third kappa shape index (κ3) is 4.73. The molecule has 0 radical (unpaired) electrons. The first-order chi connectivity index (χ1) is 5.76. The predicted molar refractivity (Wildman–Crippen MR) is 51.1 cm³/mol. The maximum atomic E-state index is 8.84. The summed E-state index contributed by atoms with van der Waals surface area (Å²) in [5.41, 5.74) is 0. The smallest absolute Gasteiger partial charge is 0.0465 e. The number of rotatable bonds is 7. The van der Waals surface area contributed by atoms with Crippen LogP contribution in [0.4, 0.5) is 0 Å². The molecule has 0 heterocycles. The highest BCUT2D eigenvalue weighted by atomic mass is 16.5. The molecule has 74 valence electrons. The SMILES string of the molecule is CCC(C)[C@H](CCO)CCOC. The molecule has 0 aromatic carbocycles. The molecule has 1 N–H and O–H groups in total. The summed E-state index contributed by atoms with van der Waals surface area (Å²) >= 11 is 0. The summed E-state index contributed by atoms with van der Waals surface area (Å²) in [6, 6.07) is 0. The minimum atomic E-state index is 0.304. The summed E-state index contributed by atoms with van der Waals surface area (Å²) in [6.45, 7) is 5.56. The van der Waals surface area contributed by atoms with Crippen LogP contribution in [-0.2, 0) is 4.74 Å². The van der Waals surface area contributed by atoms with E-state index in [0.29, 0.717) is 18.4 Å². The fourth-order valence-electron chi connectivity index (χ4n) is 1.48. The lowest BCUT2D eigenvalue weighted by molar-refractivity contribution is 0.144. The van der Waals surface area contributed by atoms with Gasteiger partial charge in [-0.05, 0) is 24.7 Å². The highest BCUT2D eigenvalue weighted by molar-refractivity contribution is 4.64. The summed E-state index contributed by atoms with van der Waals surface area (Å²) < 4.78 is 5.03. The van der Waals surface area contributed by atoms with Crippen LogP contribution in [0.15, 0.2) is 0 Å². The van der Waals surface area contributed by atoms with E-state index >= 15 is 0 Å². The first-order valence-electron chi connectivity index (χ1n) is 4.86. The maximum absolute atomic E-state index is 8.84. The van der Waals surface area contributed by atoms with Crippen LogP contribution < -0.4 is 0 Å². The molecular weight excluding hydrogens is 152 g/mol. The van der Waals surface area contributed by atoms with Crippen LogP contribution in [-0.4, -0.2) is 25.4 Å². The second kappa shape index (κ2) is 7.56. The highest BCUT2D eigenvalue weighted by Crippen LogP contribution is 2.21. The lowest BCUT2D eigenvalue weighted by Crippen LogP contribution is -2.14. The van der Waals surface area contributed by atoms with Gasteiger partial charge in [0.15, 0.2) is 0 Å². The fourth-order valence-corrected chi connectivity index (χ4v) is 1.48. The molecule has 0 aliphatic carbocycles. The standard InChI is InChI=1S/C10H22O2/c1-4-9(2)10(5-7-11)6-8-12-3/h9-11H,4-8H2,1-3H3/t9?,10-/m1/s1. The van der Waals surface area contributed by atoms with Crippen molar-refractivity contribution >= 4 is 0 Å². The summed E-state index contributed by atoms with van der Waals surface area (Å²) in [4.78, 5) is 0. The van der Waals surface area contributed by atoms with E-state index in [1.165, 1.54) is 6.42 Å². The first-order valence-corrected chi connectivity index (χ1v) is 4.86. The molecule has 0 aliphatic rings. The van der Waals surface area contributed by atoms with Crippen molar-refractivity contribution in [1.29, 1.82) is 0 Å². The predicted octanol–water partition coefficient (Wildman–Crippen LogP) is 2.07. The largest absolute Gasteiger partial charge is 0.396 e. The Morgan fingerprint density at radius 1 is 1.33 bits per heavy atom. The summed E-state index contributed by atoms with van der Waals surface area (Å²) in [6.07, 6.45) is 3.18. The quantitative estimate of drug-likeness (QED) is 0.640. The number of hydrogen-bond donors (Lipinski definition) is 1. The average Bonchev–Trinajstić information content (AvgIpc) is 2.11. The van der Waals surface area contributed by atoms with Crippen LogP contribution in [0.5, 0.6) is 0 Å². The van der Waals surface area contributed by atoms with Gasteiger partial charge in [-0.2, -0.15) is 0 Å². The Labute approximate surface area is 75.9 Å². The van der Waals surface area contributed by atoms with Crippen LogP contribution in [0, 0.1) is 11.8 Å². The van der Waals surface area contributed by atoms with Gasteiger partial charge in [0.05, 0.1) is 0 Å². The molecule has 12 heavy (non-hydrogen) atoms. The zero-order valence-electron chi connectivity index (χ0n) is 8.55. The van der Waals surface area contributed by atoms with Crippen molar-refractivity contribution in [3.63, 3.8) is 0 Å². The van der Waals surface area contributed by atoms with E-state index in [1.54, 1.807) is 7.11 Å². The lowest BCUT2D eigenvalue weighted by atomic mass is 9.87. The Morgan fingerprint density at radius 2 is 2.00 bits per heavy atom. The van der Waals surface area contributed by atoms with Crippen LogP contribution in [0.1, 0.15) is 33.1 Å². The van der Waals surface area contributed by atoms with Crippen LogP contribution >= 0.6 is 0 Å². The second-order valence-corrected chi connectivity index (χ2v) is 3.44. The van der Waals surface area contributed by atoms with Crippen molar-refractivity contribution in [2.45, 2.75) is 33.1 Å². The molecule has 0 aromatic rings. The molecule has 0 spiro atoms. The minimum absolute atomic E-state index is 0.304. The number of methoxy groups -OCH3 is 1. The normalized spacial score (nSPS) is 16.0. The van der Waals surface area contributed by atoms with E-state index in [2.05, 4.69) is 13.8 Å². The number of aliphatic hydroxyl groups is 1. The fraction of sp³-hybridized carbons (Fsp3) is 1.00. The minimum Gasteiger partial charge on any atom is -0.396 e. The molecule has 0 saturated heterocycles. The second-order valence-electron chi connectivity index (χ2n) is 3.44. The van der Waals surface area contributed by atoms with Gasteiger partial charge in [0, 0.05) is 20.3 Å². The van der Waals surface area contributed by atoms with Crippen molar-refractivity contribution in [1.82, 2.24) is 0 Å². The highest BCUT2D eigenvalue weighted by Gasteiger charge is 2.14. The van der Waals surface area contributed by atoms with E-state index < -0.39 is 0 Å². The Morgan fingerprint density at radius 3 is 2.42 bits per heavy atom. The number of hydrogen-bond acceptors (Lipinski definition) is 2. The van der Waals surface area contributed by atoms with Crippen molar-refractivity contribution in [3.8, 4) is 0 Å². The Kier molecular flexibility index (Phi) is 7.51. The number of aliphatic hydroxyl groups excluding tert-OH is 1. The molecule has 0 amide bonds. The van der Waals surface area contributed by atoms with Gasteiger partial charge < -0.3 is 9.84 Å². The van der Waals surface area contributed by atoms with E-state index in [4.69, 9.17) is 9.84 Å². The van der Waals surface area contributed by atoms with E-state index in [0.717, 1.165) is 19.4 Å². The van der Waals surface area contributed by atoms with Gasteiger partial charge in [0.2, 0.25) is 0 Å². The van der Waals surface area contributed by atoms with Crippen molar-refractivity contribution < 1.29 is 9.84 Å². The number of ether oxygens (including phenoxy) is 1. The molecule has 2 heteroatoms. The van der Waals surface area contributed by atoms with Gasteiger partial charge in [-0.25, -0.2) is 0 Å². The zero-order chi connectivity index (χ0) is 9.40. The topological polar surface area (TPSA) is 29.5 Å². The molecule has 0 bridgehead atoms. The zero-order valence-corrected chi connectivity index (χ0v) is 8.55. The average molecular weight is 174 g/mol. The first kappa shape index (κ1) is 11.9. The monoisotopic (exact) mass is 174 g/mol. The molecular formula is C10H22O2. The van der Waals surface area contributed by atoms with Crippen LogP contribution in [0.3, 0.4) is 0 Å². The Hall–Kier alpha value is -0.0800. The molecule has 2 nitrogen and oxygen atoms in total. The van der Waals surface area contributed by atoms with Gasteiger partial charge in [-0.3, -0.25) is 0 Å². The molecule has 0 aromatic heterocycles. The van der Waals surface area contributed by atoms with E-state index in [1.807, 2.05) is 0 Å². The lowest BCUT2D eigenvalue weighted by Gasteiger charge is -2.21. The summed E-state index contributed by atoms with van der Waals surface area (Å²) in [5.74, 6) is 1.33. The third-order valence-electron chi connectivity index (χ3n) is 2.64. The van der Waals surface area contributed by atoms with Gasteiger partial charge in [-0.1, -0.05) is 20.3 Å². The van der Waals surface area contributed by atoms with Gasteiger partial charge >= 0.3 is 0 Å². The molecule has 1 unspecified atom stereocenters. The van der Waals surface area contributed by atoms with E-state index in [-0.39, 0.29) is 0 Å². The molecule has 0 rings (SSSR count). The molecule has 2 atom stereocenters.